The molecule has 0 radical (unpaired) electrons. The van der Waals surface area contributed by atoms with Crippen LogP contribution in [0.15, 0.2) is 24.3 Å². The minimum Gasteiger partial charge on any atom is -0.763 e. The number of hydrogen-bond donors (Lipinski definition) is 0. The van der Waals surface area contributed by atoms with Crippen LogP contribution in [0.5, 0.6) is 0 Å². The van der Waals surface area contributed by atoms with Crippen LogP contribution in [-0.2, 0) is 0 Å². The summed E-state index contributed by atoms with van der Waals surface area (Å²) >= 11 is 0. The molecule has 0 aliphatic carbocycles. The van der Waals surface area contributed by atoms with Gasteiger partial charge in [-0.2, -0.15) is 5.26 Å². The summed E-state index contributed by atoms with van der Waals surface area (Å²) in [5, 5.41) is 16.7. The monoisotopic (exact) mass is 141 g/mol. The highest BCUT2D eigenvalue weighted by atomic mass is 14.3. The fourth-order valence-electron chi connectivity index (χ4n) is 0.728. The van der Waals surface area contributed by atoms with Crippen LogP contribution in [0, 0.1) is 11.3 Å². The van der Waals surface area contributed by atoms with E-state index in [1.807, 2.05) is 11.9 Å². The van der Waals surface area contributed by atoms with Crippen LogP contribution in [0.25, 0.3) is 11.5 Å². The minimum atomic E-state index is 0.611. The Hall–Kier alpha value is -1.84. The van der Waals surface area contributed by atoms with Crippen LogP contribution < -0.4 is 0 Å². The van der Waals surface area contributed by atoms with E-state index < -0.39 is 0 Å². The zero-order valence-corrected chi connectivity index (χ0v) is 5.78. The third-order valence-electron chi connectivity index (χ3n) is 1.27. The van der Waals surface area contributed by atoms with Gasteiger partial charge in [-0.05, 0) is 23.8 Å². The second-order valence-electron chi connectivity index (χ2n) is 2.01. The maximum Gasteiger partial charge on any atom is 0.0991 e. The van der Waals surface area contributed by atoms with Crippen LogP contribution in [-0.4, -0.2) is 5.87 Å². The molecule has 0 saturated heterocycles. The molecular weight excluding hydrogens is 136 g/mol. The Labute approximate surface area is 64.9 Å². The SMILES string of the molecule is N#Cc1ccc(C=C=[N-])cc1. The molecule has 0 saturated carbocycles. The lowest BCUT2D eigenvalue weighted by atomic mass is 10.1. The second kappa shape index (κ2) is 3.36. The van der Waals surface area contributed by atoms with Crippen LogP contribution in [0.4, 0.5) is 0 Å². The molecule has 0 fully saturated rings. The zero-order valence-electron chi connectivity index (χ0n) is 5.78. The predicted octanol–water partition coefficient (Wildman–Crippen LogP) is 1.81. The van der Waals surface area contributed by atoms with E-state index in [9.17, 15) is 0 Å². The number of nitriles is 1. The Morgan fingerprint density at radius 2 is 1.91 bits per heavy atom. The molecule has 0 N–H and O–H groups in total. The van der Waals surface area contributed by atoms with E-state index in [2.05, 4.69) is 0 Å². The molecule has 2 nitrogen and oxygen atoms in total. The highest BCUT2D eigenvalue weighted by Gasteiger charge is 1.86. The van der Waals surface area contributed by atoms with Gasteiger partial charge in [-0.3, -0.25) is 5.87 Å². The molecule has 0 unspecified atom stereocenters. The first-order valence-corrected chi connectivity index (χ1v) is 3.10. The van der Waals surface area contributed by atoms with Gasteiger partial charge >= 0.3 is 0 Å². The van der Waals surface area contributed by atoms with E-state index in [0.717, 1.165) is 5.56 Å². The van der Waals surface area contributed by atoms with Crippen LogP contribution in [0.2, 0.25) is 0 Å². The number of hydrogen-bond acceptors (Lipinski definition) is 1. The van der Waals surface area contributed by atoms with Crippen molar-refractivity contribution in [2.24, 2.45) is 0 Å². The quantitative estimate of drug-likeness (QED) is 0.550. The minimum absolute atomic E-state index is 0.611. The Morgan fingerprint density at radius 3 is 2.36 bits per heavy atom. The van der Waals surface area contributed by atoms with E-state index in [-0.39, 0.29) is 0 Å². The van der Waals surface area contributed by atoms with Crippen molar-refractivity contribution in [2.75, 3.05) is 0 Å². The summed E-state index contributed by atoms with van der Waals surface area (Å²) in [4.78, 5) is 0. The molecule has 1 aromatic carbocycles. The molecule has 0 aliphatic rings. The molecule has 0 heterocycles. The normalized spacial score (nSPS) is 7.91. The van der Waals surface area contributed by atoms with Crippen molar-refractivity contribution in [3.8, 4) is 6.07 Å². The molecule has 11 heavy (non-hydrogen) atoms. The van der Waals surface area contributed by atoms with Crippen LogP contribution >= 0.6 is 0 Å². The molecule has 0 bridgehead atoms. The predicted molar refractivity (Wildman–Crippen MR) is 44.0 cm³/mol. The number of nitrogens with zero attached hydrogens (tertiary/aromatic N) is 2. The largest absolute Gasteiger partial charge is 0.763 e. The number of benzene rings is 1. The van der Waals surface area contributed by atoms with Crippen molar-refractivity contribution in [2.45, 2.75) is 0 Å². The highest BCUT2D eigenvalue weighted by molar-refractivity contribution is 5.79. The van der Waals surface area contributed by atoms with Gasteiger partial charge in [0, 0.05) is 0 Å². The molecule has 1 rings (SSSR count). The van der Waals surface area contributed by atoms with E-state index in [4.69, 9.17) is 10.7 Å². The first-order chi connectivity index (χ1) is 5.36. The highest BCUT2D eigenvalue weighted by Crippen LogP contribution is 2.02. The molecule has 0 spiro atoms. The molecular formula is C9H5N2-. The van der Waals surface area contributed by atoms with E-state index in [1.165, 1.54) is 6.08 Å². The number of rotatable bonds is 1. The molecule has 0 atom stereocenters. The molecule has 1 aromatic rings. The molecule has 0 aliphatic heterocycles. The first kappa shape index (κ1) is 7.27. The maximum absolute atomic E-state index is 8.43. The van der Waals surface area contributed by atoms with Crippen LogP contribution in [0.3, 0.4) is 0 Å². The van der Waals surface area contributed by atoms with Gasteiger partial charge < -0.3 is 5.41 Å². The summed E-state index contributed by atoms with van der Waals surface area (Å²) in [7, 11) is 0. The summed E-state index contributed by atoms with van der Waals surface area (Å²) in [6.45, 7) is 0. The van der Waals surface area contributed by atoms with Gasteiger partial charge in [-0.15, -0.1) is 0 Å². The standard InChI is InChI=1S/C9H5N2/c10-6-5-8-1-3-9(7-11)4-2-8/h1-5H/q-1. The summed E-state index contributed by atoms with van der Waals surface area (Å²) < 4.78 is 0. The van der Waals surface area contributed by atoms with Crippen molar-refractivity contribution in [1.82, 2.24) is 0 Å². The summed E-state index contributed by atoms with van der Waals surface area (Å²) in [6, 6.07) is 8.84. The topological polar surface area (TPSA) is 46.1 Å². The van der Waals surface area contributed by atoms with Gasteiger partial charge in [0.2, 0.25) is 0 Å². The van der Waals surface area contributed by atoms with E-state index >= 15 is 0 Å². The van der Waals surface area contributed by atoms with Gasteiger partial charge in [0.05, 0.1) is 11.6 Å². The first-order valence-electron chi connectivity index (χ1n) is 3.10. The molecule has 2 heteroatoms. The Kier molecular flexibility index (Phi) is 2.22. The third kappa shape index (κ3) is 1.79. The fraction of sp³-hybridized carbons (Fsp3) is 0. The lowest BCUT2D eigenvalue weighted by molar-refractivity contribution is 1.48. The van der Waals surface area contributed by atoms with E-state index in [0.29, 0.717) is 5.56 Å². The lowest BCUT2D eigenvalue weighted by Crippen LogP contribution is -1.74. The average molecular weight is 141 g/mol. The van der Waals surface area contributed by atoms with Crippen molar-refractivity contribution >= 4 is 11.9 Å². The molecule has 0 amide bonds. The second-order valence-corrected chi connectivity index (χ2v) is 2.01. The maximum atomic E-state index is 8.43. The summed E-state index contributed by atoms with van der Waals surface area (Å²) in [5.41, 5.74) is 1.44. The van der Waals surface area contributed by atoms with E-state index in [1.54, 1.807) is 24.3 Å². The lowest BCUT2D eigenvalue weighted by Gasteiger charge is -1.90. The van der Waals surface area contributed by atoms with Crippen molar-refractivity contribution < 1.29 is 0 Å². The van der Waals surface area contributed by atoms with Crippen LogP contribution in [0.1, 0.15) is 11.1 Å². The van der Waals surface area contributed by atoms with Gasteiger partial charge in [-0.1, -0.05) is 12.1 Å². The average Bonchev–Trinajstić information content (AvgIpc) is 2.07. The smallest absolute Gasteiger partial charge is 0.0991 e. The van der Waals surface area contributed by atoms with Gasteiger partial charge in [-0.25, -0.2) is 0 Å². The Balaban J connectivity index is 3.02. The zero-order chi connectivity index (χ0) is 8.10. The van der Waals surface area contributed by atoms with Gasteiger partial charge in [0.15, 0.2) is 0 Å². The fourth-order valence-corrected chi connectivity index (χ4v) is 0.728. The van der Waals surface area contributed by atoms with Crippen molar-refractivity contribution in [3.63, 3.8) is 0 Å². The van der Waals surface area contributed by atoms with Crippen molar-refractivity contribution in [1.29, 1.82) is 5.26 Å². The summed E-state index contributed by atoms with van der Waals surface area (Å²) in [6.07, 6.45) is 1.43. The Morgan fingerprint density at radius 1 is 1.27 bits per heavy atom. The van der Waals surface area contributed by atoms with Gasteiger partial charge in [0.25, 0.3) is 0 Å². The van der Waals surface area contributed by atoms with Gasteiger partial charge in [0.1, 0.15) is 0 Å². The molecule has 0 aromatic heterocycles. The summed E-state index contributed by atoms with van der Waals surface area (Å²) in [5.74, 6) is 1.91. The van der Waals surface area contributed by atoms with Crippen molar-refractivity contribution in [3.05, 3.63) is 40.8 Å². The Bertz CT molecular complexity index is 324. The third-order valence-corrected chi connectivity index (χ3v) is 1.27. The molecule has 52 valence electrons.